The van der Waals surface area contributed by atoms with Gasteiger partial charge in [-0.3, -0.25) is 0 Å². The van der Waals surface area contributed by atoms with Crippen LogP contribution in [-0.2, 0) is 19.4 Å². The molecule has 0 unspecified atom stereocenters. The van der Waals surface area contributed by atoms with E-state index in [0.29, 0.717) is 0 Å². The number of aromatic nitrogens is 2. The van der Waals surface area contributed by atoms with E-state index in [0.717, 1.165) is 41.9 Å². The summed E-state index contributed by atoms with van der Waals surface area (Å²) in [5.74, 6) is 0.872. The van der Waals surface area contributed by atoms with Crippen molar-refractivity contribution >= 4 is 27.6 Å². The summed E-state index contributed by atoms with van der Waals surface area (Å²) in [5, 5.41) is 2.29. The Bertz CT molecular complexity index is 926. The average Bonchev–Trinajstić information content (AvgIpc) is 2.95. The van der Waals surface area contributed by atoms with Crippen LogP contribution in [0, 0.1) is 0 Å². The minimum atomic E-state index is 0.872. The minimum absolute atomic E-state index is 0.872. The van der Waals surface area contributed by atoms with E-state index in [9.17, 15) is 0 Å². The fourth-order valence-electron chi connectivity index (χ4n) is 4.16. The van der Waals surface area contributed by atoms with Crippen molar-refractivity contribution in [3.05, 3.63) is 29.5 Å². The SMILES string of the molecule is CCCCCn1c2ccc(OC)cc2c2c(N)c3c(nc21)CCCC3. The van der Waals surface area contributed by atoms with Crippen LogP contribution in [0.2, 0.25) is 0 Å². The van der Waals surface area contributed by atoms with Gasteiger partial charge in [-0.2, -0.15) is 0 Å². The van der Waals surface area contributed by atoms with E-state index in [1.54, 1.807) is 7.11 Å². The quantitative estimate of drug-likeness (QED) is 0.677. The van der Waals surface area contributed by atoms with Crippen LogP contribution >= 0.6 is 0 Å². The zero-order chi connectivity index (χ0) is 17.4. The number of benzene rings is 1. The monoisotopic (exact) mass is 337 g/mol. The molecule has 132 valence electrons. The fourth-order valence-corrected chi connectivity index (χ4v) is 4.16. The van der Waals surface area contributed by atoms with Gasteiger partial charge in [0.15, 0.2) is 0 Å². The van der Waals surface area contributed by atoms with Crippen LogP contribution in [0.15, 0.2) is 18.2 Å². The van der Waals surface area contributed by atoms with Crippen molar-refractivity contribution in [2.45, 2.75) is 58.4 Å². The molecule has 1 aliphatic carbocycles. The normalized spacial score (nSPS) is 14.2. The van der Waals surface area contributed by atoms with E-state index < -0.39 is 0 Å². The molecule has 0 amide bonds. The molecule has 0 spiro atoms. The van der Waals surface area contributed by atoms with Crippen molar-refractivity contribution in [3.8, 4) is 5.75 Å². The maximum atomic E-state index is 6.67. The highest BCUT2D eigenvalue weighted by Gasteiger charge is 2.22. The van der Waals surface area contributed by atoms with Crippen molar-refractivity contribution in [2.24, 2.45) is 0 Å². The highest BCUT2D eigenvalue weighted by atomic mass is 16.5. The molecule has 1 aromatic carbocycles. The van der Waals surface area contributed by atoms with Crippen LogP contribution in [-0.4, -0.2) is 16.7 Å². The number of unbranched alkanes of at least 4 members (excludes halogenated alkanes) is 2. The fraction of sp³-hybridized carbons (Fsp3) is 0.476. The third-order valence-electron chi connectivity index (χ3n) is 5.50. The number of aryl methyl sites for hydroxylation is 2. The predicted octanol–water partition coefficient (Wildman–Crippen LogP) is 4.85. The van der Waals surface area contributed by atoms with Gasteiger partial charge in [0.1, 0.15) is 11.4 Å². The molecule has 3 aromatic rings. The molecule has 2 aromatic heterocycles. The summed E-state index contributed by atoms with van der Waals surface area (Å²) in [4.78, 5) is 5.09. The van der Waals surface area contributed by atoms with Crippen LogP contribution in [0.25, 0.3) is 21.9 Å². The summed E-state index contributed by atoms with van der Waals surface area (Å²) in [6, 6.07) is 6.30. The summed E-state index contributed by atoms with van der Waals surface area (Å²) in [7, 11) is 1.71. The van der Waals surface area contributed by atoms with E-state index in [-0.39, 0.29) is 0 Å². The molecule has 2 N–H and O–H groups in total. The number of anilines is 1. The van der Waals surface area contributed by atoms with Gasteiger partial charge in [-0.15, -0.1) is 0 Å². The number of nitrogens with two attached hydrogens (primary N) is 1. The number of hydrogen-bond acceptors (Lipinski definition) is 3. The molecule has 4 heteroatoms. The van der Waals surface area contributed by atoms with Crippen LogP contribution < -0.4 is 10.5 Å². The Kier molecular flexibility index (Phi) is 4.28. The zero-order valence-electron chi connectivity index (χ0n) is 15.3. The predicted molar refractivity (Wildman–Crippen MR) is 104 cm³/mol. The molecular formula is C21H27N3O. The summed E-state index contributed by atoms with van der Waals surface area (Å²) < 4.78 is 7.83. The molecular weight excluding hydrogens is 310 g/mol. The van der Waals surface area contributed by atoms with E-state index in [1.807, 2.05) is 6.07 Å². The third kappa shape index (κ3) is 2.64. The number of hydrogen-bond donors (Lipinski definition) is 1. The number of methoxy groups -OCH3 is 1. The van der Waals surface area contributed by atoms with Crippen molar-refractivity contribution in [1.82, 2.24) is 9.55 Å². The number of fused-ring (bicyclic) bond motifs is 4. The van der Waals surface area contributed by atoms with Gasteiger partial charge >= 0.3 is 0 Å². The van der Waals surface area contributed by atoms with Gasteiger partial charge in [0.05, 0.1) is 18.0 Å². The highest BCUT2D eigenvalue weighted by Crippen LogP contribution is 2.38. The molecule has 0 radical (unpaired) electrons. The highest BCUT2D eigenvalue weighted by molar-refractivity contribution is 6.13. The first-order chi connectivity index (χ1) is 12.2. The number of rotatable bonds is 5. The second kappa shape index (κ2) is 6.58. The van der Waals surface area contributed by atoms with Crippen LogP contribution in [0.3, 0.4) is 0 Å². The Morgan fingerprint density at radius 3 is 2.84 bits per heavy atom. The van der Waals surface area contributed by atoms with Gasteiger partial charge in [0.25, 0.3) is 0 Å². The smallest absolute Gasteiger partial charge is 0.143 e. The van der Waals surface area contributed by atoms with Gasteiger partial charge < -0.3 is 15.0 Å². The first kappa shape index (κ1) is 16.2. The summed E-state index contributed by atoms with van der Waals surface area (Å²) in [6.07, 6.45) is 8.15. The average molecular weight is 337 g/mol. The summed E-state index contributed by atoms with van der Waals surface area (Å²) >= 11 is 0. The van der Waals surface area contributed by atoms with Gasteiger partial charge in [-0.1, -0.05) is 19.8 Å². The molecule has 25 heavy (non-hydrogen) atoms. The minimum Gasteiger partial charge on any atom is -0.497 e. The molecule has 1 aliphatic rings. The van der Waals surface area contributed by atoms with E-state index >= 15 is 0 Å². The topological polar surface area (TPSA) is 53.1 Å². The van der Waals surface area contributed by atoms with E-state index in [1.165, 1.54) is 54.3 Å². The Morgan fingerprint density at radius 1 is 1.20 bits per heavy atom. The lowest BCUT2D eigenvalue weighted by atomic mass is 9.93. The third-order valence-corrected chi connectivity index (χ3v) is 5.50. The van der Waals surface area contributed by atoms with Gasteiger partial charge in [-0.05, 0) is 55.9 Å². The molecule has 4 rings (SSSR count). The lowest BCUT2D eigenvalue weighted by Crippen LogP contribution is -2.10. The van der Waals surface area contributed by atoms with Gasteiger partial charge in [-0.25, -0.2) is 4.98 Å². The number of pyridine rings is 1. The van der Waals surface area contributed by atoms with Crippen molar-refractivity contribution in [1.29, 1.82) is 0 Å². The summed E-state index contributed by atoms with van der Waals surface area (Å²) in [5.41, 5.74) is 12.4. The Hall–Kier alpha value is -2.23. The van der Waals surface area contributed by atoms with Crippen molar-refractivity contribution in [3.63, 3.8) is 0 Å². The van der Waals surface area contributed by atoms with Gasteiger partial charge in [0, 0.05) is 23.3 Å². The first-order valence-corrected chi connectivity index (χ1v) is 9.51. The van der Waals surface area contributed by atoms with Crippen LogP contribution in [0.5, 0.6) is 5.75 Å². The van der Waals surface area contributed by atoms with E-state index in [4.69, 9.17) is 15.5 Å². The van der Waals surface area contributed by atoms with Gasteiger partial charge in [0.2, 0.25) is 0 Å². The second-order valence-electron chi connectivity index (χ2n) is 7.10. The molecule has 0 atom stereocenters. The maximum Gasteiger partial charge on any atom is 0.143 e. The molecule has 0 bridgehead atoms. The molecule has 0 saturated carbocycles. The van der Waals surface area contributed by atoms with Crippen LogP contribution in [0.4, 0.5) is 5.69 Å². The van der Waals surface area contributed by atoms with Crippen LogP contribution in [0.1, 0.15) is 50.3 Å². The Labute approximate surface area is 149 Å². The number of nitrogens with zero attached hydrogens (tertiary/aromatic N) is 2. The Morgan fingerprint density at radius 2 is 2.04 bits per heavy atom. The molecule has 2 heterocycles. The number of nitrogen functional groups attached to an aromatic ring is 1. The lowest BCUT2D eigenvalue weighted by molar-refractivity contribution is 0.415. The zero-order valence-corrected chi connectivity index (χ0v) is 15.3. The van der Waals surface area contributed by atoms with Crippen molar-refractivity contribution < 1.29 is 4.74 Å². The second-order valence-corrected chi connectivity index (χ2v) is 7.10. The first-order valence-electron chi connectivity index (χ1n) is 9.51. The molecule has 0 saturated heterocycles. The molecule has 0 fully saturated rings. The molecule has 0 aliphatic heterocycles. The van der Waals surface area contributed by atoms with Crippen molar-refractivity contribution in [2.75, 3.05) is 12.8 Å². The molecule has 4 nitrogen and oxygen atoms in total. The largest absolute Gasteiger partial charge is 0.497 e. The summed E-state index contributed by atoms with van der Waals surface area (Å²) in [6.45, 7) is 3.23. The number of ether oxygens (including phenoxy) is 1. The van der Waals surface area contributed by atoms with E-state index in [2.05, 4.69) is 23.6 Å². The Balaban J connectivity index is 2.01. The standard InChI is InChI=1S/C21H27N3O/c1-3-4-7-12-24-18-11-10-14(25-2)13-16(18)19-20(22)15-8-5-6-9-17(15)23-21(19)24/h10-11,13H,3-9,12H2,1-2H3,(H2,22,23). The lowest BCUT2D eigenvalue weighted by Gasteiger charge is -2.18. The maximum absolute atomic E-state index is 6.67.